The minimum absolute atomic E-state index is 0.243. The van der Waals surface area contributed by atoms with Crippen LogP contribution in [0.25, 0.3) is 0 Å². The third-order valence-corrected chi connectivity index (χ3v) is 5.73. The summed E-state index contributed by atoms with van der Waals surface area (Å²) in [7, 11) is 0. The van der Waals surface area contributed by atoms with Crippen molar-refractivity contribution in [3.63, 3.8) is 0 Å². The SMILES string of the molecule is CC(Oc1ccc2c(c1)CCCC2)C(=O)Nc1ccccc1C(=O)NCc1ccccc1. The molecule has 1 aliphatic rings. The van der Waals surface area contributed by atoms with Crippen molar-refractivity contribution < 1.29 is 14.3 Å². The third kappa shape index (κ3) is 5.35. The van der Waals surface area contributed by atoms with Crippen molar-refractivity contribution in [2.24, 2.45) is 0 Å². The van der Waals surface area contributed by atoms with Gasteiger partial charge in [-0.3, -0.25) is 9.59 Å². The highest BCUT2D eigenvalue weighted by Crippen LogP contribution is 2.26. The summed E-state index contributed by atoms with van der Waals surface area (Å²) >= 11 is 0. The smallest absolute Gasteiger partial charge is 0.265 e. The lowest BCUT2D eigenvalue weighted by atomic mass is 9.92. The molecule has 0 aliphatic heterocycles. The Morgan fingerprint density at radius 1 is 0.906 bits per heavy atom. The minimum atomic E-state index is -0.697. The molecule has 0 aromatic heterocycles. The van der Waals surface area contributed by atoms with E-state index >= 15 is 0 Å². The van der Waals surface area contributed by atoms with E-state index in [9.17, 15) is 9.59 Å². The van der Waals surface area contributed by atoms with Crippen LogP contribution in [-0.4, -0.2) is 17.9 Å². The highest BCUT2D eigenvalue weighted by atomic mass is 16.5. The van der Waals surface area contributed by atoms with Gasteiger partial charge in [0.05, 0.1) is 11.3 Å². The lowest BCUT2D eigenvalue weighted by Gasteiger charge is -2.19. The largest absolute Gasteiger partial charge is 0.481 e. The maximum absolute atomic E-state index is 12.8. The molecule has 0 saturated carbocycles. The van der Waals surface area contributed by atoms with Gasteiger partial charge >= 0.3 is 0 Å². The number of para-hydroxylation sites is 1. The molecule has 3 aromatic rings. The Morgan fingerprint density at radius 3 is 2.44 bits per heavy atom. The number of amides is 2. The number of rotatable bonds is 7. The fraction of sp³-hybridized carbons (Fsp3) is 0.259. The van der Waals surface area contributed by atoms with Gasteiger partial charge in [0.1, 0.15) is 5.75 Å². The summed E-state index contributed by atoms with van der Waals surface area (Å²) in [5, 5.41) is 5.75. The van der Waals surface area contributed by atoms with Gasteiger partial charge in [-0.25, -0.2) is 0 Å². The summed E-state index contributed by atoms with van der Waals surface area (Å²) in [4.78, 5) is 25.5. The van der Waals surface area contributed by atoms with Crippen molar-refractivity contribution in [1.82, 2.24) is 5.32 Å². The molecule has 0 radical (unpaired) electrons. The van der Waals surface area contributed by atoms with Crippen molar-refractivity contribution in [3.05, 3.63) is 95.1 Å². The van der Waals surface area contributed by atoms with Crippen LogP contribution in [0.15, 0.2) is 72.8 Å². The number of fused-ring (bicyclic) bond motifs is 1. The number of anilines is 1. The van der Waals surface area contributed by atoms with E-state index in [1.165, 1.54) is 24.0 Å². The Balaban J connectivity index is 1.39. The van der Waals surface area contributed by atoms with Gasteiger partial charge in [-0.05, 0) is 73.6 Å². The molecule has 0 heterocycles. The molecule has 32 heavy (non-hydrogen) atoms. The number of nitrogens with one attached hydrogen (secondary N) is 2. The molecule has 0 saturated heterocycles. The van der Waals surface area contributed by atoms with Crippen LogP contribution in [0.3, 0.4) is 0 Å². The van der Waals surface area contributed by atoms with E-state index in [0.29, 0.717) is 23.5 Å². The predicted octanol–water partition coefficient (Wildman–Crippen LogP) is 4.90. The molecule has 0 bridgehead atoms. The molecule has 5 heteroatoms. The molecular formula is C27H28N2O3. The maximum Gasteiger partial charge on any atom is 0.265 e. The van der Waals surface area contributed by atoms with Crippen molar-refractivity contribution in [2.45, 2.75) is 45.3 Å². The van der Waals surface area contributed by atoms with Crippen LogP contribution in [-0.2, 0) is 24.2 Å². The van der Waals surface area contributed by atoms with Gasteiger partial charge in [0.2, 0.25) is 0 Å². The van der Waals surface area contributed by atoms with Crippen molar-refractivity contribution in [3.8, 4) is 5.75 Å². The number of carbonyl (C=O) groups is 2. The van der Waals surface area contributed by atoms with Crippen molar-refractivity contribution >= 4 is 17.5 Å². The zero-order chi connectivity index (χ0) is 22.3. The van der Waals surface area contributed by atoms with Crippen LogP contribution >= 0.6 is 0 Å². The van der Waals surface area contributed by atoms with Gasteiger partial charge in [-0.15, -0.1) is 0 Å². The van der Waals surface area contributed by atoms with Gasteiger partial charge in [0.25, 0.3) is 11.8 Å². The second-order valence-corrected chi connectivity index (χ2v) is 8.10. The zero-order valence-electron chi connectivity index (χ0n) is 18.3. The van der Waals surface area contributed by atoms with Crippen LogP contribution in [0.5, 0.6) is 5.75 Å². The zero-order valence-corrected chi connectivity index (χ0v) is 18.3. The first-order valence-corrected chi connectivity index (χ1v) is 11.1. The number of hydrogen-bond donors (Lipinski definition) is 2. The van der Waals surface area contributed by atoms with Gasteiger partial charge in [0.15, 0.2) is 6.10 Å². The van der Waals surface area contributed by atoms with E-state index in [1.807, 2.05) is 42.5 Å². The molecule has 1 atom stereocenters. The number of ether oxygens (including phenoxy) is 1. The molecule has 4 rings (SSSR count). The second-order valence-electron chi connectivity index (χ2n) is 8.10. The third-order valence-electron chi connectivity index (χ3n) is 5.73. The van der Waals surface area contributed by atoms with Gasteiger partial charge in [-0.1, -0.05) is 48.5 Å². The molecule has 2 amide bonds. The quantitative estimate of drug-likeness (QED) is 0.562. The Hall–Kier alpha value is -3.60. The van der Waals surface area contributed by atoms with Crippen LogP contribution in [0.4, 0.5) is 5.69 Å². The Kier molecular flexibility index (Phi) is 6.85. The molecular weight excluding hydrogens is 400 g/mol. The first kappa shape index (κ1) is 21.6. The fourth-order valence-electron chi connectivity index (χ4n) is 3.94. The normalized spacial score (nSPS) is 13.5. The first-order chi connectivity index (χ1) is 15.6. The number of aryl methyl sites for hydroxylation is 2. The lowest BCUT2D eigenvalue weighted by Crippen LogP contribution is -2.31. The molecule has 5 nitrogen and oxygen atoms in total. The van der Waals surface area contributed by atoms with E-state index in [0.717, 1.165) is 18.4 Å². The molecule has 3 aromatic carbocycles. The summed E-state index contributed by atoms with van der Waals surface area (Å²) in [6.07, 6.45) is 3.88. The number of carbonyl (C=O) groups excluding carboxylic acids is 2. The summed E-state index contributed by atoms with van der Waals surface area (Å²) < 4.78 is 5.91. The summed E-state index contributed by atoms with van der Waals surface area (Å²) in [5.41, 5.74) is 4.56. The average Bonchev–Trinajstić information content (AvgIpc) is 2.83. The van der Waals surface area contributed by atoms with Gasteiger partial charge < -0.3 is 15.4 Å². The Bertz CT molecular complexity index is 1100. The lowest BCUT2D eigenvalue weighted by molar-refractivity contribution is -0.122. The highest BCUT2D eigenvalue weighted by molar-refractivity contribution is 6.04. The summed E-state index contributed by atoms with van der Waals surface area (Å²) in [5.74, 6) is 0.154. The van der Waals surface area contributed by atoms with Crippen LogP contribution < -0.4 is 15.4 Å². The van der Waals surface area contributed by atoms with E-state index < -0.39 is 6.10 Å². The first-order valence-electron chi connectivity index (χ1n) is 11.1. The second kappa shape index (κ2) is 10.1. The maximum atomic E-state index is 12.8. The molecule has 1 aliphatic carbocycles. The topological polar surface area (TPSA) is 67.4 Å². The molecule has 1 unspecified atom stereocenters. The van der Waals surface area contributed by atoms with E-state index in [2.05, 4.69) is 16.7 Å². The highest BCUT2D eigenvalue weighted by Gasteiger charge is 2.19. The summed E-state index contributed by atoms with van der Waals surface area (Å²) in [6.45, 7) is 2.13. The Labute approximate surface area is 188 Å². The van der Waals surface area contributed by atoms with Gasteiger partial charge in [-0.2, -0.15) is 0 Å². The van der Waals surface area contributed by atoms with Gasteiger partial charge in [0, 0.05) is 6.54 Å². The minimum Gasteiger partial charge on any atom is -0.481 e. The predicted molar refractivity (Wildman–Crippen MR) is 126 cm³/mol. The molecule has 0 spiro atoms. The number of benzene rings is 3. The summed E-state index contributed by atoms with van der Waals surface area (Å²) in [6, 6.07) is 22.8. The van der Waals surface area contributed by atoms with E-state index in [-0.39, 0.29) is 11.8 Å². The Morgan fingerprint density at radius 2 is 1.62 bits per heavy atom. The monoisotopic (exact) mass is 428 g/mol. The molecule has 0 fully saturated rings. The van der Waals surface area contributed by atoms with E-state index in [1.54, 1.807) is 31.2 Å². The standard InChI is InChI=1S/C27H28N2O3/c1-19(32-23-16-15-21-11-5-6-12-22(21)17-23)26(30)29-25-14-8-7-13-24(25)27(31)28-18-20-9-3-2-4-10-20/h2-4,7-10,13-17,19H,5-6,11-12,18H2,1H3,(H,28,31)(H,29,30). The fourth-order valence-corrected chi connectivity index (χ4v) is 3.94. The van der Waals surface area contributed by atoms with E-state index in [4.69, 9.17) is 4.74 Å². The molecule has 2 N–H and O–H groups in total. The van der Waals surface area contributed by atoms with Crippen LogP contribution in [0.1, 0.15) is 46.8 Å². The van der Waals surface area contributed by atoms with Crippen LogP contribution in [0, 0.1) is 0 Å². The van der Waals surface area contributed by atoms with Crippen molar-refractivity contribution in [1.29, 1.82) is 0 Å². The average molecular weight is 429 g/mol. The number of hydrogen-bond acceptors (Lipinski definition) is 3. The molecule has 164 valence electrons. The van der Waals surface area contributed by atoms with Crippen molar-refractivity contribution in [2.75, 3.05) is 5.32 Å². The van der Waals surface area contributed by atoms with Crippen LogP contribution in [0.2, 0.25) is 0 Å².